The Morgan fingerprint density at radius 3 is 2.14 bits per heavy atom. The van der Waals surface area contributed by atoms with Gasteiger partial charge in [0, 0.05) is 37.6 Å². The summed E-state index contributed by atoms with van der Waals surface area (Å²) in [4.78, 5) is 44.4. The summed E-state index contributed by atoms with van der Waals surface area (Å²) in [5.74, 6) is -5.53. The quantitative estimate of drug-likeness (QED) is 0.532. The molecule has 1 spiro atoms. The van der Waals surface area contributed by atoms with Crippen LogP contribution in [0, 0.1) is 0 Å². The number of piperidine rings is 1. The number of aromatic nitrogens is 1. The van der Waals surface area contributed by atoms with Crippen molar-refractivity contribution >= 4 is 34.9 Å². The number of halogens is 6. The van der Waals surface area contributed by atoms with Crippen LogP contribution in [0.5, 0.6) is 0 Å². The first-order valence-corrected chi connectivity index (χ1v) is 11.5. The maximum atomic E-state index is 12.4. The van der Waals surface area contributed by atoms with E-state index in [1.165, 1.54) is 0 Å². The predicted molar refractivity (Wildman–Crippen MR) is 118 cm³/mol. The number of alkyl halides is 6. The lowest BCUT2D eigenvalue weighted by Crippen LogP contribution is -2.48. The molecule has 1 atom stereocenters. The highest BCUT2D eigenvalue weighted by molar-refractivity contribution is 7.09. The second-order valence-corrected chi connectivity index (χ2v) is 9.32. The number of nitrogens with zero attached hydrogens (tertiary/aromatic N) is 4. The minimum atomic E-state index is -5.08. The summed E-state index contributed by atoms with van der Waals surface area (Å²) in [6.07, 6.45) is -5.71. The van der Waals surface area contributed by atoms with Gasteiger partial charge in [0.05, 0.1) is 6.54 Å². The number of amides is 1. The molecule has 37 heavy (non-hydrogen) atoms. The van der Waals surface area contributed by atoms with E-state index in [2.05, 4.69) is 15.0 Å². The van der Waals surface area contributed by atoms with Gasteiger partial charge in [-0.2, -0.15) is 26.3 Å². The normalized spacial score (nSPS) is 19.7. The summed E-state index contributed by atoms with van der Waals surface area (Å²) in [5, 5.41) is 21.5. The summed E-state index contributed by atoms with van der Waals surface area (Å²) in [6, 6.07) is 0.162. The van der Waals surface area contributed by atoms with Crippen LogP contribution in [-0.2, 0) is 25.8 Å². The Labute approximate surface area is 211 Å². The molecule has 2 aliphatic heterocycles. The van der Waals surface area contributed by atoms with Crippen LogP contribution in [0.4, 0.5) is 26.3 Å². The molecule has 10 nitrogen and oxygen atoms in total. The minimum absolute atomic E-state index is 0.0195. The molecule has 210 valence electrons. The standard InChI is InChI=1S/C16H24N4O2S.2C2HF3O2/c1-12(2)19(3)15(21)13-9-16(22-18-13)5-4-7-20(11-16)10-14-17-6-8-23-14;2*3-2(4,5)1(6)7/h6,8,12H,4-5,7,9-11H2,1-3H3;2*(H,6,7). The van der Waals surface area contributed by atoms with Gasteiger partial charge in [0.15, 0.2) is 5.60 Å². The van der Waals surface area contributed by atoms with Crippen molar-refractivity contribution in [3.63, 3.8) is 0 Å². The van der Waals surface area contributed by atoms with Crippen molar-refractivity contribution in [1.82, 2.24) is 14.8 Å². The molecule has 1 fully saturated rings. The first-order valence-electron chi connectivity index (χ1n) is 10.6. The zero-order chi connectivity index (χ0) is 28.6. The van der Waals surface area contributed by atoms with Gasteiger partial charge in [-0.1, -0.05) is 5.16 Å². The molecule has 3 heterocycles. The molecule has 2 aliphatic rings. The van der Waals surface area contributed by atoms with Gasteiger partial charge in [-0.15, -0.1) is 11.3 Å². The molecule has 0 saturated carbocycles. The van der Waals surface area contributed by atoms with Crippen molar-refractivity contribution in [1.29, 1.82) is 0 Å². The fourth-order valence-electron chi connectivity index (χ4n) is 3.14. The molecule has 3 rings (SSSR count). The van der Waals surface area contributed by atoms with Crippen LogP contribution in [0.2, 0.25) is 0 Å². The topological polar surface area (TPSA) is 133 Å². The average Bonchev–Trinajstić information content (AvgIpc) is 3.42. The summed E-state index contributed by atoms with van der Waals surface area (Å²) >= 11 is 1.68. The number of hydrogen-bond donors (Lipinski definition) is 2. The van der Waals surface area contributed by atoms with E-state index in [0.717, 1.165) is 37.5 Å². The molecule has 0 bridgehead atoms. The van der Waals surface area contributed by atoms with E-state index >= 15 is 0 Å². The van der Waals surface area contributed by atoms with E-state index in [1.54, 1.807) is 16.2 Å². The average molecular weight is 565 g/mol. The summed E-state index contributed by atoms with van der Waals surface area (Å²) in [5.41, 5.74) is 0.218. The first-order chi connectivity index (χ1) is 16.9. The van der Waals surface area contributed by atoms with E-state index in [-0.39, 0.29) is 17.6 Å². The van der Waals surface area contributed by atoms with E-state index in [0.29, 0.717) is 12.1 Å². The maximum Gasteiger partial charge on any atom is 0.490 e. The summed E-state index contributed by atoms with van der Waals surface area (Å²) in [7, 11) is 1.82. The van der Waals surface area contributed by atoms with Gasteiger partial charge in [-0.05, 0) is 33.2 Å². The molecule has 0 aromatic carbocycles. The number of thiazole rings is 1. The van der Waals surface area contributed by atoms with Crippen LogP contribution in [-0.4, -0.2) is 92.7 Å². The molecule has 1 aromatic rings. The van der Waals surface area contributed by atoms with Crippen LogP contribution in [0.1, 0.15) is 38.1 Å². The number of carboxylic acid groups (broad SMARTS) is 2. The third-order valence-corrected chi connectivity index (χ3v) is 5.89. The highest BCUT2D eigenvalue weighted by atomic mass is 32.1. The van der Waals surface area contributed by atoms with Crippen LogP contribution in [0.25, 0.3) is 0 Å². The van der Waals surface area contributed by atoms with E-state index < -0.39 is 24.3 Å². The SMILES string of the molecule is CC(C)N(C)C(=O)C1=NOC2(CCCN(Cc3nccs3)C2)C1.O=C(O)C(F)(F)F.O=C(O)C(F)(F)F. The van der Waals surface area contributed by atoms with E-state index in [1.807, 2.05) is 32.5 Å². The number of likely N-dealkylation sites (tertiary alicyclic amines) is 1. The highest BCUT2D eigenvalue weighted by Gasteiger charge is 2.45. The Hall–Kier alpha value is -2.95. The van der Waals surface area contributed by atoms with Crippen molar-refractivity contribution in [2.75, 3.05) is 20.1 Å². The van der Waals surface area contributed by atoms with Crippen molar-refractivity contribution in [3.05, 3.63) is 16.6 Å². The molecule has 1 unspecified atom stereocenters. The Morgan fingerprint density at radius 2 is 1.70 bits per heavy atom. The number of rotatable bonds is 4. The minimum Gasteiger partial charge on any atom is -0.475 e. The fourth-order valence-corrected chi connectivity index (χ4v) is 3.80. The van der Waals surface area contributed by atoms with Gasteiger partial charge >= 0.3 is 24.3 Å². The molecular weight excluding hydrogens is 538 g/mol. The van der Waals surface area contributed by atoms with Gasteiger partial charge in [-0.3, -0.25) is 9.69 Å². The lowest BCUT2D eigenvalue weighted by molar-refractivity contribution is -0.193. The maximum absolute atomic E-state index is 12.4. The highest BCUT2D eigenvalue weighted by Crippen LogP contribution is 2.34. The molecule has 0 aliphatic carbocycles. The summed E-state index contributed by atoms with van der Waals surface area (Å²) in [6.45, 7) is 6.69. The lowest BCUT2D eigenvalue weighted by atomic mass is 9.88. The van der Waals surface area contributed by atoms with E-state index in [4.69, 9.17) is 24.6 Å². The van der Waals surface area contributed by atoms with Crippen molar-refractivity contribution in [3.8, 4) is 0 Å². The van der Waals surface area contributed by atoms with E-state index in [9.17, 15) is 31.1 Å². The zero-order valence-corrected chi connectivity index (χ0v) is 20.8. The van der Waals surface area contributed by atoms with Crippen LogP contribution in [0.3, 0.4) is 0 Å². The number of carboxylic acids is 2. The fraction of sp³-hybridized carbons (Fsp3) is 0.650. The Morgan fingerprint density at radius 1 is 1.16 bits per heavy atom. The predicted octanol–water partition coefficient (Wildman–Crippen LogP) is 3.39. The molecule has 1 aromatic heterocycles. The molecule has 1 amide bonds. The van der Waals surface area contributed by atoms with Gasteiger partial charge < -0.3 is 20.0 Å². The lowest BCUT2D eigenvalue weighted by Gasteiger charge is -2.37. The molecule has 1 saturated heterocycles. The Kier molecular flexibility index (Phi) is 11.3. The second-order valence-electron chi connectivity index (χ2n) is 8.34. The van der Waals surface area contributed by atoms with Crippen molar-refractivity contribution in [2.24, 2.45) is 5.16 Å². The molecule has 0 radical (unpaired) electrons. The Bertz CT molecular complexity index is 930. The smallest absolute Gasteiger partial charge is 0.475 e. The van der Waals surface area contributed by atoms with Gasteiger partial charge in [0.2, 0.25) is 0 Å². The third-order valence-electron chi connectivity index (χ3n) is 5.13. The van der Waals surface area contributed by atoms with Crippen LogP contribution >= 0.6 is 11.3 Å². The number of carbonyl (C=O) groups is 3. The third kappa shape index (κ3) is 10.5. The van der Waals surface area contributed by atoms with Gasteiger partial charge in [0.25, 0.3) is 5.91 Å². The van der Waals surface area contributed by atoms with Crippen molar-refractivity contribution < 1.29 is 55.8 Å². The monoisotopic (exact) mass is 564 g/mol. The molecule has 2 N–H and O–H groups in total. The van der Waals surface area contributed by atoms with Crippen molar-refractivity contribution in [2.45, 2.75) is 63.7 Å². The number of hydrogen-bond acceptors (Lipinski definition) is 8. The summed E-state index contributed by atoms with van der Waals surface area (Å²) < 4.78 is 63.5. The first kappa shape index (κ1) is 32.1. The molecule has 17 heteroatoms. The van der Waals surface area contributed by atoms with Gasteiger partial charge in [0.1, 0.15) is 10.7 Å². The molecular formula is C20H26F6N4O6S. The largest absolute Gasteiger partial charge is 0.490 e. The van der Waals surface area contributed by atoms with Crippen LogP contribution in [0.15, 0.2) is 16.7 Å². The van der Waals surface area contributed by atoms with Crippen LogP contribution < -0.4 is 0 Å². The Balaban J connectivity index is 0.000000404. The number of carbonyl (C=O) groups excluding carboxylic acids is 1. The number of oxime groups is 1. The number of aliphatic carboxylic acids is 2. The zero-order valence-electron chi connectivity index (χ0n) is 20.0. The van der Waals surface area contributed by atoms with Gasteiger partial charge in [-0.25, -0.2) is 14.6 Å². The second kappa shape index (κ2) is 13.0.